The van der Waals surface area contributed by atoms with Crippen LogP contribution < -0.4 is 4.72 Å². The zero-order valence-electron chi connectivity index (χ0n) is 11.7. The number of nitrogens with one attached hydrogen (secondary N) is 1. The van der Waals surface area contributed by atoms with Crippen molar-refractivity contribution in [2.24, 2.45) is 11.8 Å². The van der Waals surface area contributed by atoms with Crippen molar-refractivity contribution in [3.8, 4) is 0 Å². The third-order valence-electron chi connectivity index (χ3n) is 3.29. The maximum absolute atomic E-state index is 12.2. The minimum atomic E-state index is -3.72. The normalized spacial score (nSPS) is 13.8. The molecule has 0 aliphatic rings. The molecule has 0 amide bonds. The second-order valence-electron chi connectivity index (χ2n) is 5.11. The summed E-state index contributed by atoms with van der Waals surface area (Å²) in [5.74, 6) is 0.569. The van der Waals surface area contributed by atoms with Crippen molar-refractivity contribution in [3.05, 3.63) is 27.7 Å². The van der Waals surface area contributed by atoms with E-state index in [1.165, 1.54) is 12.1 Å². The van der Waals surface area contributed by atoms with Gasteiger partial charge >= 0.3 is 0 Å². The smallest absolute Gasteiger partial charge is 0.242 e. The molecule has 0 aliphatic carbocycles. The van der Waals surface area contributed by atoms with Crippen molar-refractivity contribution in [1.82, 2.24) is 4.72 Å². The highest BCUT2D eigenvalue weighted by atomic mass is 35.5. The zero-order valence-corrected chi connectivity index (χ0v) is 14.0. The van der Waals surface area contributed by atoms with E-state index in [9.17, 15) is 8.42 Å². The van der Waals surface area contributed by atoms with Crippen molar-refractivity contribution < 1.29 is 13.5 Å². The lowest BCUT2D eigenvalue weighted by Gasteiger charge is -2.17. The quantitative estimate of drug-likeness (QED) is 0.836. The maximum atomic E-state index is 12.2. The largest absolute Gasteiger partial charge is 0.392 e. The average molecular weight is 340 g/mol. The maximum Gasteiger partial charge on any atom is 0.242 e. The molecule has 1 atom stereocenters. The molecule has 0 saturated carbocycles. The Balaban J connectivity index is 3.04. The van der Waals surface area contributed by atoms with Crippen LogP contribution in [0.3, 0.4) is 0 Å². The van der Waals surface area contributed by atoms with Gasteiger partial charge in [-0.05, 0) is 29.5 Å². The van der Waals surface area contributed by atoms with E-state index in [4.69, 9.17) is 28.3 Å². The van der Waals surface area contributed by atoms with E-state index in [0.717, 1.165) is 0 Å². The minimum Gasteiger partial charge on any atom is -0.392 e. The van der Waals surface area contributed by atoms with Crippen LogP contribution in [0.15, 0.2) is 17.0 Å². The van der Waals surface area contributed by atoms with E-state index >= 15 is 0 Å². The van der Waals surface area contributed by atoms with Gasteiger partial charge in [0.05, 0.1) is 11.6 Å². The van der Waals surface area contributed by atoms with Crippen LogP contribution in [0.25, 0.3) is 0 Å². The Labute approximate surface area is 130 Å². The predicted molar refractivity (Wildman–Crippen MR) is 81.6 cm³/mol. The first-order chi connectivity index (χ1) is 9.19. The number of aliphatic hydroxyl groups excluding tert-OH is 1. The van der Waals surface area contributed by atoms with Crippen LogP contribution in [-0.4, -0.2) is 20.1 Å². The molecule has 0 fully saturated rings. The first-order valence-corrected chi connectivity index (χ1v) is 8.51. The molecular formula is C13H19Cl2NO3S. The zero-order chi connectivity index (χ0) is 15.5. The summed E-state index contributed by atoms with van der Waals surface area (Å²) in [7, 11) is -3.72. The molecular weight excluding hydrogens is 321 g/mol. The summed E-state index contributed by atoms with van der Waals surface area (Å²) >= 11 is 11.8. The number of sulfonamides is 1. The topological polar surface area (TPSA) is 66.4 Å². The summed E-state index contributed by atoms with van der Waals surface area (Å²) < 4.78 is 27.0. The van der Waals surface area contributed by atoms with Crippen molar-refractivity contribution in [2.75, 3.05) is 6.54 Å². The monoisotopic (exact) mass is 339 g/mol. The predicted octanol–water partition coefficient (Wildman–Crippen LogP) is 3.06. The molecule has 114 valence electrons. The first kappa shape index (κ1) is 17.7. The number of hydrogen-bond acceptors (Lipinski definition) is 3. The van der Waals surface area contributed by atoms with Gasteiger partial charge in [0.2, 0.25) is 10.0 Å². The molecule has 4 nitrogen and oxygen atoms in total. The van der Waals surface area contributed by atoms with Gasteiger partial charge in [0.1, 0.15) is 4.90 Å². The molecule has 1 rings (SSSR count). The standard InChI is InChI=1S/C13H19Cl2NO3S/c1-8(2)9(3)6-16-20(18,19)13-4-10(7-17)11(14)5-12(13)15/h4-5,8-9,16-17H,6-7H2,1-3H3. The number of halogens is 2. The van der Waals surface area contributed by atoms with Crippen LogP contribution in [-0.2, 0) is 16.6 Å². The second kappa shape index (κ2) is 7.09. The molecule has 7 heteroatoms. The Morgan fingerprint density at radius 1 is 1.20 bits per heavy atom. The third-order valence-corrected chi connectivity index (χ3v) is 5.53. The molecule has 0 aromatic heterocycles. The molecule has 20 heavy (non-hydrogen) atoms. The summed E-state index contributed by atoms with van der Waals surface area (Å²) in [5, 5.41) is 9.43. The lowest BCUT2D eigenvalue weighted by molar-refractivity contribution is 0.281. The fourth-order valence-corrected chi connectivity index (χ4v) is 3.45. The highest BCUT2D eigenvalue weighted by molar-refractivity contribution is 7.89. The summed E-state index contributed by atoms with van der Waals surface area (Å²) in [6, 6.07) is 2.63. The summed E-state index contributed by atoms with van der Waals surface area (Å²) in [4.78, 5) is -0.0661. The Bertz CT molecular complexity index is 573. The van der Waals surface area contributed by atoms with Gasteiger partial charge in [-0.15, -0.1) is 0 Å². The van der Waals surface area contributed by atoms with Crippen LogP contribution in [0, 0.1) is 11.8 Å². The van der Waals surface area contributed by atoms with E-state index < -0.39 is 10.0 Å². The van der Waals surface area contributed by atoms with E-state index in [1.807, 2.05) is 20.8 Å². The van der Waals surface area contributed by atoms with Gasteiger partial charge in [-0.2, -0.15) is 0 Å². The molecule has 0 heterocycles. The minimum absolute atomic E-state index is 0.0388. The lowest BCUT2D eigenvalue weighted by Crippen LogP contribution is -2.30. The molecule has 1 aromatic carbocycles. The van der Waals surface area contributed by atoms with Crippen molar-refractivity contribution in [2.45, 2.75) is 32.3 Å². The van der Waals surface area contributed by atoms with Crippen molar-refractivity contribution >= 4 is 33.2 Å². The Hall–Kier alpha value is -0.330. The average Bonchev–Trinajstić information content (AvgIpc) is 2.35. The van der Waals surface area contributed by atoms with Crippen LogP contribution in [0.4, 0.5) is 0 Å². The van der Waals surface area contributed by atoms with Crippen LogP contribution in [0.1, 0.15) is 26.3 Å². The number of rotatable bonds is 6. The highest BCUT2D eigenvalue weighted by Crippen LogP contribution is 2.28. The van der Waals surface area contributed by atoms with Crippen molar-refractivity contribution in [3.63, 3.8) is 0 Å². The Morgan fingerprint density at radius 3 is 2.30 bits per heavy atom. The van der Waals surface area contributed by atoms with E-state index in [2.05, 4.69) is 4.72 Å². The molecule has 0 radical (unpaired) electrons. The van der Waals surface area contributed by atoms with Gasteiger partial charge in [-0.25, -0.2) is 13.1 Å². The number of aliphatic hydroxyl groups is 1. The van der Waals surface area contributed by atoms with E-state index in [0.29, 0.717) is 18.0 Å². The first-order valence-electron chi connectivity index (χ1n) is 6.27. The molecule has 0 aliphatic heterocycles. The summed E-state index contributed by atoms with van der Waals surface area (Å²) in [6.45, 7) is 6.00. The van der Waals surface area contributed by atoms with Gasteiger partial charge in [-0.3, -0.25) is 0 Å². The number of benzene rings is 1. The Morgan fingerprint density at radius 2 is 1.80 bits per heavy atom. The summed E-state index contributed by atoms with van der Waals surface area (Å²) in [6.07, 6.45) is 0. The van der Waals surface area contributed by atoms with Crippen LogP contribution in [0.2, 0.25) is 10.0 Å². The molecule has 1 unspecified atom stereocenters. The van der Waals surface area contributed by atoms with Gasteiger partial charge in [0.25, 0.3) is 0 Å². The fraction of sp³-hybridized carbons (Fsp3) is 0.538. The molecule has 0 spiro atoms. The van der Waals surface area contributed by atoms with Crippen LogP contribution >= 0.6 is 23.2 Å². The molecule has 0 saturated heterocycles. The van der Waals surface area contributed by atoms with E-state index in [1.54, 1.807) is 0 Å². The van der Waals surface area contributed by atoms with Gasteiger partial charge < -0.3 is 5.11 Å². The lowest BCUT2D eigenvalue weighted by atomic mass is 9.99. The van der Waals surface area contributed by atoms with Gasteiger partial charge in [0, 0.05) is 11.6 Å². The molecule has 0 bridgehead atoms. The molecule has 2 N–H and O–H groups in total. The third kappa shape index (κ3) is 4.33. The van der Waals surface area contributed by atoms with E-state index in [-0.39, 0.29) is 27.5 Å². The summed E-state index contributed by atoms with van der Waals surface area (Å²) in [5.41, 5.74) is 0.327. The Kier molecular flexibility index (Phi) is 6.28. The van der Waals surface area contributed by atoms with Gasteiger partial charge in [-0.1, -0.05) is 44.0 Å². The molecule has 1 aromatic rings. The SMILES string of the molecule is CC(C)C(C)CNS(=O)(=O)c1cc(CO)c(Cl)cc1Cl. The fourth-order valence-electron chi connectivity index (χ4n) is 1.45. The number of hydrogen-bond donors (Lipinski definition) is 2. The highest BCUT2D eigenvalue weighted by Gasteiger charge is 2.21. The van der Waals surface area contributed by atoms with Crippen LogP contribution in [0.5, 0.6) is 0 Å². The second-order valence-corrected chi connectivity index (χ2v) is 7.66. The van der Waals surface area contributed by atoms with Gasteiger partial charge in [0.15, 0.2) is 0 Å². The van der Waals surface area contributed by atoms with Crippen molar-refractivity contribution in [1.29, 1.82) is 0 Å².